The minimum atomic E-state index is -5.02. The van der Waals surface area contributed by atoms with Gasteiger partial charge in [-0.3, -0.25) is 0 Å². The molecule has 2 aromatic carbocycles. The fraction of sp³-hybridized carbons (Fsp3) is 0.391. The molecule has 0 saturated heterocycles. The summed E-state index contributed by atoms with van der Waals surface area (Å²) in [6, 6.07) is 9.60. The Balaban J connectivity index is 2.58. The van der Waals surface area contributed by atoms with Crippen LogP contribution in [-0.2, 0) is 30.1 Å². The number of methoxy groups -OCH3 is 2. The van der Waals surface area contributed by atoms with Gasteiger partial charge < -0.3 is 9.47 Å². The lowest BCUT2D eigenvalue weighted by molar-refractivity contribution is 0.414. The van der Waals surface area contributed by atoms with Crippen LogP contribution in [0.3, 0.4) is 0 Å². The maximum absolute atomic E-state index is 13.5. The molecule has 0 bridgehead atoms. The Morgan fingerprint density at radius 3 is 1.57 bits per heavy atom. The van der Waals surface area contributed by atoms with E-state index in [4.69, 9.17) is 9.47 Å². The van der Waals surface area contributed by atoms with Gasteiger partial charge in [0.25, 0.3) is 20.0 Å². The van der Waals surface area contributed by atoms with E-state index >= 15 is 0 Å². The van der Waals surface area contributed by atoms with E-state index in [2.05, 4.69) is 0 Å². The molecule has 35 heavy (non-hydrogen) atoms. The normalized spacial score (nSPS) is 14.1. The summed E-state index contributed by atoms with van der Waals surface area (Å²) in [5.41, 5.74) is 1.05. The molecule has 12 heteroatoms. The van der Waals surface area contributed by atoms with Gasteiger partial charge >= 0.3 is 0 Å². The van der Waals surface area contributed by atoms with Crippen LogP contribution in [0.2, 0.25) is 0 Å². The average Bonchev–Trinajstić information content (AvgIpc) is 2.82. The van der Waals surface area contributed by atoms with E-state index in [1.807, 2.05) is 26.8 Å². The van der Waals surface area contributed by atoms with Crippen molar-refractivity contribution >= 4 is 30.1 Å². The van der Waals surface area contributed by atoms with E-state index in [0.29, 0.717) is 17.9 Å². The predicted octanol–water partition coefficient (Wildman–Crippen LogP) is 3.80. The molecule has 1 atom stereocenters. The van der Waals surface area contributed by atoms with Gasteiger partial charge in [-0.2, -0.15) is 0 Å². The topological polar surface area (TPSA) is 124 Å². The molecule has 194 valence electrons. The number of hydrogen-bond acceptors (Lipinski definition) is 8. The van der Waals surface area contributed by atoms with Crippen LogP contribution in [0.15, 0.2) is 70.0 Å². The third-order valence-electron chi connectivity index (χ3n) is 5.61. The second kappa shape index (κ2) is 11.5. The van der Waals surface area contributed by atoms with Crippen LogP contribution in [0, 0.1) is 5.92 Å². The van der Waals surface area contributed by atoms with Crippen molar-refractivity contribution in [2.75, 3.05) is 20.0 Å². The Morgan fingerprint density at radius 2 is 1.23 bits per heavy atom. The van der Waals surface area contributed by atoms with Crippen molar-refractivity contribution in [2.24, 2.45) is 5.92 Å². The summed E-state index contributed by atoms with van der Waals surface area (Å²) < 4.78 is 90.2. The maximum Gasteiger partial charge on any atom is 0.270 e. The smallest absolute Gasteiger partial charge is 0.270 e. The summed E-state index contributed by atoms with van der Waals surface area (Å²) in [6.07, 6.45) is 2.42. The number of sulfonamides is 3. The molecule has 0 heterocycles. The van der Waals surface area contributed by atoms with Crippen molar-refractivity contribution in [1.82, 2.24) is 3.12 Å². The van der Waals surface area contributed by atoms with Gasteiger partial charge in [0.1, 0.15) is 11.5 Å². The number of nitrogens with zero attached hydrogens (tertiary/aromatic N) is 1. The Bertz CT molecular complexity index is 1270. The van der Waals surface area contributed by atoms with E-state index in [9.17, 15) is 25.3 Å². The highest BCUT2D eigenvalue weighted by atomic mass is 32.3. The molecule has 0 aliphatic carbocycles. The van der Waals surface area contributed by atoms with Crippen molar-refractivity contribution in [2.45, 2.75) is 43.4 Å². The number of benzene rings is 2. The van der Waals surface area contributed by atoms with Crippen molar-refractivity contribution in [1.29, 1.82) is 0 Å². The lowest BCUT2D eigenvalue weighted by Crippen LogP contribution is -2.42. The van der Waals surface area contributed by atoms with E-state index < -0.39 is 45.6 Å². The fourth-order valence-electron chi connectivity index (χ4n) is 3.25. The number of ether oxygens (including phenoxy) is 2. The molecular formula is C23H31NO8S3. The van der Waals surface area contributed by atoms with E-state index in [1.165, 1.54) is 38.5 Å². The fourth-order valence-corrected chi connectivity index (χ4v) is 10.1. The van der Waals surface area contributed by atoms with Crippen LogP contribution >= 0.6 is 0 Å². The Hall–Kier alpha value is -2.41. The number of hydrogen-bond donors (Lipinski definition) is 0. The lowest BCUT2D eigenvalue weighted by Gasteiger charge is -2.22. The molecule has 1 unspecified atom stereocenters. The predicted molar refractivity (Wildman–Crippen MR) is 134 cm³/mol. The molecule has 0 aliphatic heterocycles. The Morgan fingerprint density at radius 1 is 0.829 bits per heavy atom. The largest absolute Gasteiger partial charge is 0.497 e. The van der Waals surface area contributed by atoms with Crippen molar-refractivity contribution < 1.29 is 34.7 Å². The van der Waals surface area contributed by atoms with Gasteiger partial charge in [0, 0.05) is 3.12 Å². The third kappa shape index (κ3) is 6.63. The summed E-state index contributed by atoms with van der Waals surface area (Å²) >= 11 is 0. The lowest BCUT2D eigenvalue weighted by atomic mass is 9.98. The van der Waals surface area contributed by atoms with Gasteiger partial charge in [-0.25, -0.2) is 25.3 Å². The Kier molecular flexibility index (Phi) is 9.51. The zero-order valence-corrected chi connectivity index (χ0v) is 22.8. The summed E-state index contributed by atoms with van der Waals surface area (Å²) in [6.45, 7) is 5.70. The van der Waals surface area contributed by atoms with E-state index in [0.717, 1.165) is 29.8 Å². The van der Waals surface area contributed by atoms with Crippen LogP contribution in [-0.4, -0.2) is 48.3 Å². The quantitative estimate of drug-likeness (QED) is 0.369. The summed E-state index contributed by atoms with van der Waals surface area (Å²) in [7, 11) is -12.1. The van der Waals surface area contributed by atoms with Gasteiger partial charge in [-0.15, -0.1) is 0 Å². The molecule has 0 aliphatic rings. The Labute approximate surface area is 208 Å². The molecule has 0 radical (unpaired) electrons. The minimum Gasteiger partial charge on any atom is -0.497 e. The molecule has 0 spiro atoms. The molecule has 2 rings (SSSR count). The van der Waals surface area contributed by atoms with Crippen LogP contribution in [0.5, 0.6) is 11.5 Å². The van der Waals surface area contributed by atoms with Gasteiger partial charge in [-0.05, 0) is 81.1 Å². The standard InChI is InChI=1S/C23H31NO8S3/c1-6-18(2)19(3)8-7-17-33(25,26)24(34(27,28)22-13-9-20(31-4)10-14-22)35(29,30)23-15-11-21(32-5)12-16-23/h6,9-16,19H,7-8,17H2,1-5H3. The molecule has 0 N–H and O–H groups in total. The maximum atomic E-state index is 13.5. The molecular weight excluding hydrogens is 514 g/mol. The molecule has 0 saturated carbocycles. The first-order chi connectivity index (χ1) is 16.3. The average molecular weight is 546 g/mol. The second-order valence-corrected chi connectivity index (χ2v) is 14.1. The highest BCUT2D eigenvalue weighted by Gasteiger charge is 2.46. The van der Waals surface area contributed by atoms with Crippen molar-refractivity contribution in [3.63, 3.8) is 0 Å². The van der Waals surface area contributed by atoms with Crippen LogP contribution in [0.4, 0.5) is 0 Å². The zero-order chi connectivity index (χ0) is 26.4. The zero-order valence-electron chi connectivity index (χ0n) is 20.3. The van der Waals surface area contributed by atoms with Crippen molar-refractivity contribution in [3.8, 4) is 11.5 Å². The molecule has 9 nitrogen and oxygen atoms in total. The van der Waals surface area contributed by atoms with Gasteiger partial charge in [0.2, 0.25) is 10.0 Å². The molecule has 0 aromatic heterocycles. The monoisotopic (exact) mass is 545 g/mol. The summed E-state index contributed by atoms with van der Waals surface area (Å²) in [5.74, 6) is 0.0356. The van der Waals surface area contributed by atoms with E-state index in [-0.39, 0.29) is 15.5 Å². The van der Waals surface area contributed by atoms with E-state index in [1.54, 1.807) is 0 Å². The first-order valence-electron chi connectivity index (χ1n) is 10.8. The summed E-state index contributed by atoms with van der Waals surface area (Å²) in [4.78, 5) is -1.01. The summed E-state index contributed by atoms with van der Waals surface area (Å²) in [5, 5.41) is 0. The first kappa shape index (κ1) is 28.8. The van der Waals surface area contributed by atoms with Crippen LogP contribution in [0.25, 0.3) is 0 Å². The molecule has 0 amide bonds. The number of allylic oxidation sites excluding steroid dienone is 2. The van der Waals surface area contributed by atoms with Gasteiger partial charge in [0.05, 0.1) is 29.8 Å². The highest BCUT2D eigenvalue weighted by Crippen LogP contribution is 2.30. The highest BCUT2D eigenvalue weighted by molar-refractivity contribution is 8.17. The number of rotatable bonds is 12. The van der Waals surface area contributed by atoms with Crippen LogP contribution < -0.4 is 9.47 Å². The van der Waals surface area contributed by atoms with Gasteiger partial charge in [0.15, 0.2) is 0 Å². The first-order valence-corrected chi connectivity index (χ1v) is 15.2. The van der Waals surface area contributed by atoms with Crippen molar-refractivity contribution in [3.05, 3.63) is 60.2 Å². The minimum absolute atomic E-state index is 0.0556. The van der Waals surface area contributed by atoms with Crippen LogP contribution in [0.1, 0.15) is 33.6 Å². The second-order valence-electron chi connectivity index (χ2n) is 7.89. The third-order valence-corrected chi connectivity index (χ3v) is 13.1. The molecule has 2 aromatic rings. The SMILES string of the molecule is CC=C(C)C(C)CCCS(=O)(=O)N(S(=O)(=O)c1ccc(OC)cc1)S(=O)(=O)c1ccc(OC)cc1. The van der Waals surface area contributed by atoms with Gasteiger partial charge in [-0.1, -0.05) is 18.6 Å². The molecule has 0 fully saturated rings.